The van der Waals surface area contributed by atoms with E-state index in [0.29, 0.717) is 11.9 Å². The molecule has 0 radical (unpaired) electrons. The lowest BCUT2D eigenvalue weighted by Crippen LogP contribution is -2.06. The quantitative estimate of drug-likeness (QED) is 0.679. The van der Waals surface area contributed by atoms with Crippen LogP contribution in [0.2, 0.25) is 0 Å². The maximum atomic E-state index is 5.67. The van der Waals surface area contributed by atoms with Gasteiger partial charge in [0.15, 0.2) is 5.82 Å². The molecule has 5 heteroatoms. The molecule has 0 saturated carbocycles. The van der Waals surface area contributed by atoms with E-state index < -0.39 is 0 Å². The third kappa shape index (κ3) is 1.53. The van der Waals surface area contributed by atoms with Crippen LogP contribution in [0.15, 0.2) is 0 Å². The van der Waals surface area contributed by atoms with Crippen molar-refractivity contribution < 1.29 is 4.74 Å². The Hall–Kier alpha value is -0.770. The summed E-state index contributed by atoms with van der Waals surface area (Å²) in [6, 6.07) is 0.782. The molecule has 12 heavy (non-hydrogen) atoms. The monoisotopic (exact) mass is 189 g/mol. The van der Waals surface area contributed by atoms with Gasteiger partial charge in [-0.2, -0.15) is 0 Å². The van der Waals surface area contributed by atoms with E-state index in [4.69, 9.17) is 16.3 Å². The van der Waals surface area contributed by atoms with Gasteiger partial charge in [-0.05, 0) is 13.8 Å². The summed E-state index contributed by atoms with van der Waals surface area (Å²) in [6.07, 6.45) is 0. The van der Waals surface area contributed by atoms with Crippen LogP contribution in [-0.2, 0) is 5.88 Å². The van der Waals surface area contributed by atoms with Crippen molar-refractivity contribution in [1.82, 2.24) is 14.8 Å². The molecule has 0 aliphatic carbocycles. The van der Waals surface area contributed by atoms with E-state index in [1.807, 2.05) is 18.4 Å². The van der Waals surface area contributed by atoms with E-state index in [0.717, 1.165) is 5.82 Å². The number of ether oxygens (including phenoxy) is 1. The molecular formula is C7H12ClN3O. The number of methoxy groups -OCH3 is 1. The first-order valence-corrected chi connectivity index (χ1v) is 4.28. The highest BCUT2D eigenvalue weighted by atomic mass is 35.5. The van der Waals surface area contributed by atoms with E-state index in [1.54, 1.807) is 7.11 Å². The number of hydrogen-bond donors (Lipinski definition) is 0. The highest BCUT2D eigenvalue weighted by molar-refractivity contribution is 6.16. The van der Waals surface area contributed by atoms with Gasteiger partial charge in [0, 0.05) is 6.04 Å². The first-order chi connectivity index (χ1) is 5.70. The van der Waals surface area contributed by atoms with E-state index in [-0.39, 0.29) is 6.04 Å². The maximum Gasteiger partial charge on any atom is 0.316 e. The summed E-state index contributed by atoms with van der Waals surface area (Å²) in [5, 5.41) is 7.72. The van der Waals surface area contributed by atoms with Gasteiger partial charge in [0.1, 0.15) is 0 Å². The lowest BCUT2D eigenvalue weighted by atomic mass is 10.4. The van der Waals surface area contributed by atoms with E-state index in [9.17, 15) is 0 Å². The second kappa shape index (κ2) is 3.76. The molecule has 0 amide bonds. The zero-order valence-corrected chi connectivity index (χ0v) is 8.17. The summed E-state index contributed by atoms with van der Waals surface area (Å²) in [6.45, 7) is 4.06. The Morgan fingerprint density at radius 2 is 2.17 bits per heavy atom. The average Bonchev–Trinajstić information content (AvgIpc) is 2.46. The van der Waals surface area contributed by atoms with Crippen LogP contribution in [0.1, 0.15) is 25.7 Å². The van der Waals surface area contributed by atoms with Crippen molar-refractivity contribution in [3.63, 3.8) is 0 Å². The Balaban J connectivity index is 3.07. The van der Waals surface area contributed by atoms with Crippen LogP contribution < -0.4 is 4.74 Å². The van der Waals surface area contributed by atoms with Gasteiger partial charge in [-0.1, -0.05) is 5.10 Å². The van der Waals surface area contributed by atoms with Crippen LogP contribution in [0.25, 0.3) is 0 Å². The van der Waals surface area contributed by atoms with Crippen LogP contribution in [0.5, 0.6) is 6.01 Å². The van der Waals surface area contributed by atoms with Crippen molar-refractivity contribution in [1.29, 1.82) is 0 Å². The molecule has 0 bridgehead atoms. The van der Waals surface area contributed by atoms with E-state index in [1.165, 1.54) is 0 Å². The summed E-state index contributed by atoms with van der Waals surface area (Å²) in [4.78, 5) is 0. The predicted molar refractivity (Wildman–Crippen MR) is 46.5 cm³/mol. The number of nitrogens with zero attached hydrogens (tertiary/aromatic N) is 3. The largest absolute Gasteiger partial charge is 0.467 e. The van der Waals surface area contributed by atoms with Crippen molar-refractivity contribution in [3.05, 3.63) is 5.82 Å². The average molecular weight is 190 g/mol. The molecule has 1 heterocycles. The standard InChI is InChI=1S/C7H12ClN3O/c1-5(2)11-6(4-8)9-10-7(11)12-3/h5H,4H2,1-3H3. The smallest absolute Gasteiger partial charge is 0.316 e. The first kappa shape index (κ1) is 9.32. The summed E-state index contributed by atoms with van der Waals surface area (Å²) in [7, 11) is 1.57. The zero-order chi connectivity index (χ0) is 9.14. The van der Waals surface area contributed by atoms with Crippen LogP contribution >= 0.6 is 11.6 Å². The Labute approximate surface area is 76.5 Å². The first-order valence-electron chi connectivity index (χ1n) is 3.74. The van der Waals surface area contributed by atoms with Crippen molar-refractivity contribution in [3.8, 4) is 6.01 Å². The van der Waals surface area contributed by atoms with Crippen molar-refractivity contribution in [2.24, 2.45) is 0 Å². The molecule has 0 aromatic carbocycles. The molecule has 0 unspecified atom stereocenters. The van der Waals surface area contributed by atoms with Gasteiger partial charge < -0.3 is 4.74 Å². The SMILES string of the molecule is COc1nnc(CCl)n1C(C)C. The molecule has 0 aliphatic rings. The summed E-state index contributed by atoms with van der Waals surface area (Å²) < 4.78 is 6.89. The molecular weight excluding hydrogens is 178 g/mol. The third-order valence-corrected chi connectivity index (χ3v) is 1.79. The topological polar surface area (TPSA) is 39.9 Å². The van der Waals surface area contributed by atoms with Crippen LogP contribution in [0, 0.1) is 0 Å². The lowest BCUT2D eigenvalue weighted by molar-refractivity contribution is 0.343. The van der Waals surface area contributed by atoms with Crippen LogP contribution in [-0.4, -0.2) is 21.9 Å². The summed E-state index contributed by atoms with van der Waals surface area (Å²) in [5.74, 6) is 1.10. The lowest BCUT2D eigenvalue weighted by Gasteiger charge is -2.10. The Kier molecular flexibility index (Phi) is 2.92. The summed E-state index contributed by atoms with van der Waals surface area (Å²) >= 11 is 5.67. The van der Waals surface area contributed by atoms with Gasteiger partial charge in [-0.15, -0.1) is 16.7 Å². The molecule has 0 aliphatic heterocycles. The highest BCUT2D eigenvalue weighted by Gasteiger charge is 2.13. The van der Waals surface area contributed by atoms with Crippen LogP contribution in [0.3, 0.4) is 0 Å². The Morgan fingerprint density at radius 3 is 2.58 bits per heavy atom. The zero-order valence-electron chi connectivity index (χ0n) is 7.41. The van der Waals surface area contributed by atoms with Crippen molar-refractivity contribution >= 4 is 11.6 Å². The highest BCUT2D eigenvalue weighted by Crippen LogP contribution is 2.17. The number of hydrogen-bond acceptors (Lipinski definition) is 3. The van der Waals surface area contributed by atoms with Crippen molar-refractivity contribution in [2.45, 2.75) is 25.8 Å². The minimum atomic E-state index is 0.267. The molecule has 0 atom stereocenters. The maximum absolute atomic E-state index is 5.67. The fourth-order valence-corrected chi connectivity index (χ4v) is 1.24. The number of alkyl halides is 1. The fraction of sp³-hybridized carbons (Fsp3) is 0.714. The Morgan fingerprint density at radius 1 is 1.50 bits per heavy atom. The van der Waals surface area contributed by atoms with Gasteiger partial charge >= 0.3 is 6.01 Å². The molecule has 1 aromatic heterocycles. The second-order valence-electron chi connectivity index (χ2n) is 2.70. The molecule has 1 aromatic rings. The number of rotatable bonds is 3. The Bertz CT molecular complexity index is 238. The summed E-state index contributed by atoms with van der Waals surface area (Å²) in [5.41, 5.74) is 0. The van der Waals surface area contributed by atoms with Crippen LogP contribution in [0.4, 0.5) is 0 Å². The molecule has 1 rings (SSSR count). The molecule has 0 saturated heterocycles. The second-order valence-corrected chi connectivity index (χ2v) is 2.97. The van der Waals surface area contributed by atoms with Gasteiger partial charge in [-0.3, -0.25) is 4.57 Å². The predicted octanol–water partition coefficient (Wildman–Crippen LogP) is 1.61. The minimum Gasteiger partial charge on any atom is -0.467 e. The van der Waals surface area contributed by atoms with Gasteiger partial charge in [0.2, 0.25) is 0 Å². The van der Waals surface area contributed by atoms with Gasteiger partial charge in [-0.25, -0.2) is 0 Å². The normalized spacial score (nSPS) is 10.8. The van der Waals surface area contributed by atoms with E-state index >= 15 is 0 Å². The van der Waals surface area contributed by atoms with Gasteiger partial charge in [0.05, 0.1) is 13.0 Å². The minimum absolute atomic E-state index is 0.267. The molecule has 68 valence electrons. The fourth-order valence-electron chi connectivity index (χ4n) is 1.06. The number of aromatic nitrogens is 3. The van der Waals surface area contributed by atoms with E-state index in [2.05, 4.69) is 10.2 Å². The van der Waals surface area contributed by atoms with Gasteiger partial charge in [0.25, 0.3) is 0 Å². The van der Waals surface area contributed by atoms with Crippen molar-refractivity contribution in [2.75, 3.05) is 7.11 Å². The third-order valence-electron chi connectivity index (χ3n) is 1.55. The number of halogens is 1. The molecule has 4 nitrogen and oxygen atoms in total. The molecule has 0 spiro atoms. The molecule has 0 fully saturated rings. The molecule has 0 N–H and O–H groups in total.